The molecule has 1 aliphatic heterocycles. The van der Waals surface area contributed by atoms with Crippen molar-refractivity contribution < 1.29 is 28.5 Å². The number of methoxy groups -OCH3 is 1. The fourth-order valence-corrected chi connectivity index (χ4v) is 4.67. The quantitative estimate of drug-likeness (QED) is 0.411. The maximum Gasteiger partial charge on any atom is 0.336 e. The number of nitrogens with zero attached hydrogens (tertiary/aromatic N) is 1. The number of carbonyl (C=O) groups is 1. The Morgan fingerprint density at radius 2 is 2.03 bits per heavy atom. The van der Waals surface area contributed by atoms with Gasteiger partial charge in [0.25, 0.3) is 0 Å². The Hall–Kier alpha value is -3.42. The second kappa shape index (κ2) is 9.08. The lowest BCUT2D eigenvalue weighted by Gasteiger charge is -2.30. The van der Waals surface area contributed by atoms with E-state index in [2.05, 4.69) is 0 Å². The molecule has 2 unspecified atom stereocenters. The SMILES string of the molecule is COC1COCCC1COc1ccc(C)c2nc(-c3oc4ccccc4c3C)cc(C(=O)O)c12. The van der Waals surface area contributed by atoms with E-state index in [0.717, 1.165) is 28.5 Å². The van der Waals surface area contributed by atoms with E-state index in [1.54, 1.807) is 13.2 Å². The van der Waals surface area contributed by atoms with E-state index < -0.39 is 5.97 Å². The molecule has 0 bridgehead atoms. The molecule has 0 radical (unpaired) electrons. The summed E-state index contributed by atoms with van der Waals surface area (Å²) in [5.41, 5.74) is 3.74. The number of hydrogen-bond donors (Lipinski definition) is 1. The normalized spacial score (nSPS) is 18.4. The molecule has 0 amide bonds. The van der Waals surface area contributed by atoms with Crippen LogP contribution >= 0.6 is 0 Å². The third-order valence-electron chi connectivity index (χ3n) is 6.63. The van der Waals surface area contributed by atoms with Gasteiger partial charge in [0.05, 0.1) is 35.8 Å². The molecule has 7 heteroatoms. The van der Waals surface area contributed by atoms with Crippen LogP contribution < -0.4 is 4.74 Å². The van der Waals surface area contributed by atoms with Gasteiger partial charge in [-0.3, -0.25) is 0 Å². The smallest absolute Gasteiger partial charge is 0.336 e. The number of ether oxygens (including phenoxy) is 3. The fourth-order valence-electron chi connectivity index (χ4n) is 4.67. The number of para-hydroxylation sites is 1. The molecule has 5 rings (SSSR count). The molecular formula is C27H27NO6. The standard InChI is InChI=1S/C27H27NO6/c1-15-8-9-22(33-13-17-10-11-32-14-23(17)31-3)24-19(27(29)30)12-20(28-25(15)24)26-16(2)18-6-4-5-7-21(18)34-26/h4-9,12,17,23H,10-11,13-14H2,1-3H3,(H,29,30). The van der Waals surface area contributed by atoms with Crippen molar-refractivity contribution in [1.82, 2.24) is 4.98 Å². The first-order valence-electron chi connectivity index (χ1n) is 11.4. The van der Waals surface area contributed by atoms with E-state index >= 15 is 0 Å². The highest BCUT2D eigenvalue weighted by molar-refractivity contribution is 6.07. The Labute approximate surface area is 197 Å². The second-order valence-corrected chi connectivity index (χ2v) is 8.73. The van der Waals surface area contributed by atoms with Crippen molar-refractivity contribution in [2.75, 3.05) is 26.9 Å². The lowest BCUT2D eigenvalue weighted by Crippen LogP contribution is -2.37. The van der Waals surface area contributed by atoms with Crippen molar-refractivity contribution in [3.05, 3.63) is 59.2 Å². The van der Waals surface area contributed by atoms with Crippen LogP contribution in [0.2, 0.25) is 0 Å². The summed E-state index contributed by atoms with van der Waals surface area (Å²) in [5.74, 6) is 0.189. The van der Waals surface area contributed by atoms with Crippen LogP contribution in [0, 0.1) is 19.8 Å². The van der Waals surface area contributed by atoms with E-state index in [1.807, 2.05) is 50.2 Å². The molecule has 3 heterocycles. The van der Waals surface area contributed by atoms with Gasteiger partial charge in [0.15, 0.2) is 5.76 Å². The highest BCUT2D eigenvalue weighted by atomic mass is 16.5. The topological polar surface area (TPSA) is 91.0 Å². The maximum absolute atomic E-state index is 12.4. The van der Waals surface area contributed by atoms with Crippen LogP contribution in [0.4, 0.5) is 0 Å². The minimum atomic E-state index is -1.04. The molecule has 1 fully saturated rings. The molecular weight excluding hydrogens is 434 g/mol. The van der Waals surface area contributed by atoms with Crippen LogP contribution in [0.1, 0.15) is 27.9 Å². The Bertz CT molecular complexity index is 1370. The van der Waals surface area contributed by atoms with Crippen molar-refractivity contribution in [2.24, 2.45) is 5.92 Å². The number of fused-ring (bicyclic) bond motifs is 2. The zero-order chi connectivity index (χ0) is 23.8. The number of carboxylic acids is 1. The first-order chi connectivity index (χ1) is 16.5. The minimum Gasteiger partial charge on any atom is -0.492 e. The molecule has 7 nitrogen and oxygen atoms in total. The molecule has 1 saturated heterocycles. The first-order valence-corrected chi connectivity index (χ1v) is 11.4. The highest BCUT2D eigenvalue weighted by Crippen LogP contribution is 2.37. The number of aryl methyl sites for hydroxylation is 2. The molecule has 0 aliphatic carbocycles. The second-order valence-electron chi connectivity index (χ2n) is 8.73. The zero-order valence-corrected chi connectivity index (χ0v) is 19.5. The highest BCUT2D eigenvalue weighted by Gasteiger charge is 2.27. The summed E-state index contributed by atoms with van der Waals surface area (Å²) < 4.78 is 23.3. The summed E-state index contributed by atoms with van der Waals surface area (Å²) in [6.07, 6.45) is 0.771. The molecule has 2 atom stereocenters. The van der Waals surface area contributed by atoms with Crippen LogP contribution in [0.25, 0.3) is 33.3 Å². The third-order valence-corrected chi connectivity index (χ3v) is 6.63. The molecule has 4 aromatic rings. The number of benzene rings is 2. The van der Waals surface area contributed by atoms with Crippen LogP contribution in [0.15, 0.2) is 46.9 Å². The predicted molar refractivity (Wildman–Crippen MR) is 129 cm³/mol. The van der Waals surface area contributed by atoms with Crippen molar-refractivity contribution in [3.8, 4) is 17.2 Å². The number of pyridine rings is 1. The van der Waals surface area contributed by atoms with Gasteiger partial charge in [0.1, 0.15) is 17.0 Å². The Morgan fingerprint density at radius 1 is 1.21 bits per heavy atom. The Kier molecular flexibility index (Phi) is 5.98. The van der Waals surface area contributed by atoms with Gasteiger partial charge in [-0.05, 0) is 44.0 Å². The summed E-state index contributed by atoms with van der Waals surface area (Å²) in [4.78, 5) is 17.2. The van der Waals surface area contributed by atoms with E-state index in [1.165, 1.54) is 0 Å². The largest absolute Gasteiger partial charge is 0.492 e. The third kappa shape index (κ3) is 3.91. The molecule has 1 aliphatic rings. The van der Waals surface area contributed by atoms with Gasteiger partial charge in [-0.15, -0.1) is 0 Å². The molecule has 34 heavy (non-hydrogen) atoms. The monoisotopic (exact) mass is 461 g/mol. The average molecular weight is 462 g/mol. The van der Waals surface area contributed by atoms with Crippen LogP contribution in [0.3, 0.4) is 0 Å². The maximum atomic E-state index is 12.4. The molecule has 0 saturated carbocycles. The van der Waals surface area contributed by atoms with Crippen molar-refractivity contribution in [3.63, 3.8) is 0 Å². The molecule has 2 aromatic heterocycles. The van der Waals surface area contributed by atoms with Gasteiger partial charge >= 0.3 is 5.97 Å². The Balaban J connectivity index is 1.60. The summed E-state index contributed by atoms with van der Waals surface area (Å²) in [5, 5.41) is 11.6. The van der Waals surface area contributed by atoms with Gasteiger partial charge in [-0.2, -0.15) is 0 Å². The average Bonchev–Trinajstić information content (AvgIpc) is 3.20. The van der Waals surface area contributed by atoms with Crippen molar-refractivity contribution in [1.29, 1.82) is 0 Å². The van der Waals surface area contributed by atoms with Crippen molar-refractivity contribution >= 4 is 27.8 Å². The van der Waals surface area contributed by atoms with Gasteiger partial charge in [0.2, 0.25) is 0 Å². The number of aromatic carboxylic acids is 1. The van der Waals surface area contributed by atoms with Gasteiger partial charge in [-0.1, -0.05) is 24.3 Å². The summed E-state index contributed by atoms with van der Waals surface area (Å²) in [7, 11) is 1.67. The number of hydrogen-bond acceptors (Lipinski definition) is 6. The number of rotatable bonds is 6. The van der Waals surface area contributed by atoms with E-state index in [4.69, 9.17) is 23.6 Å². The summed E-state index contributed by atoms with van der Waals surface area (Å²) in [6.45, 7) is 5.47. The van der Waals surface area contributed by atoms with E-state index in [0.29, 0.717) is 47.9 Å². The lowest BCUT2D eigenvalue weighted by atomic mass is 9.98. The summed E-state index contributed by atoms with van der Waals surface area (Å²) >= 11 is 0. The van der Waals surface area contributed by atoms with Crippen molar-refractivity contribution in [2.45, 2.75) is 26.4 Å². The van der Waals surface area contributed by atoms with Crippen LogP contribution in [-0.4, -0.2) is 49.1 Å². The fraction of sp³-hybridized carbons (Fsp3) is 0.333. The zero-order valence-electron chi connectivity index (χ0n) is 19.5. The predicted octanol–water partition coefficient (Wildman–Crippen LogP) is 5.39. The van der Waals surface area contributed by atoms with Crippen LogP contribution in [0.5, 0.6) is 5.75 Å². The molecule has 1 N–H and O–H groups in total. The Morgan fingerprint density at radius 3 is 2.79 bits per heavy atom. The molecule has 176 valence electrons. The van der Waals surface area contributed by atoms with E-state index in [9.17, 15) is 9.90 Å². The molecule has 0 spiro atoms. The van der Waals surface area contributed by atoms with Crippen LogP contribution in [-0.2, 0) is 9.47 Å². The lowest BCUT2D eigenvalue weighted by molar-refractivity contribution is -0.0753. The number of aromatic nitrogens is 1. The van der Waals surface area contributed by atoms with Gasteiger partial charge in [0, 0.05) is 30.6 Å². The minimum absolute atomic E-state index is 0.0507. The first kappa shape index (κ1) is 22.4. The number of carboxylic acid groups (broad SMARTS) is 1. The molecule has 2 aromatic carbocycles. The van der Waals surface area contributed by atoms with Gasteiger partial charge < -0.3 is 23.7 Å². The summed E-state index contributed by atoms with van der Waals surface area (Å²) in [6, 6.07) is 13.0. The van der Waals surface area contributed by atoms with Gasteiger partial charge in [-0.25, -0.2) is 9.78 Å². The van der Waals surface area contributed by atoms with E-state index in [-0.39, 0.29) is 17.6 Å². The number of furan rings is 1.